The fraction of sp³-hybridized carbons (Fsp3) is 0.632. The topological polar surface area (TPSA) is 32.8 Å². The molecule has 2 heterocycles. The van der Waals surface area contributed by atoms with Crippen molar-refractivity contribution in [2.75, 3.05) is 33.9 Å². The first-order chi connectivity index (χ1) is 11.1. The summed E-state index contributed by atoms with van der Waals surface area (Å²) in [6, 6.07) is 11.4. The summed E-state index contributed by atoms with van der Waals surface area (Å²) in [6.45, 7) is 3.36. The quantitative estimate of drug-likeness (QED) is 0.805. The van der Waals surface area contributed by atoms with E-state index in [-0.39, 0.29) is 5.92 Å². The lowest BCUT2D eigenvalue weighted by Crippen LogP contribution is -2.57. The number of benzene rings is 1. The van der Waals surface area contributed by atoms with Crippen LogP contribution in [0.3, 0.4) is 0 Å². The molecule has 0 radical (unpaired) electrons. The van der Waals surface area contributed by atoms with Crippen molar-refractivity contribution in [3.8, 4) is 0 Å². The summed E-state index contributed by atoms with van der Waals surface area (Å²) in [4.78, 5) is 17.2. The van der Waals surface area contributed by atoms with Gasteiger partial charge in [-0.05, 0) is 32.5 Å². The average Bonchev–Trinajstić information content (AvgIpc) is 2.53. The third-order valence-corrected chi connectivity index (χ3v) is 5.14. The van der Waals surface area contributed by atoms with Crippen molar-refractivity contribution in [2.24, 2.45) is 5.92 Å². The number of rotatable bonds is 6. The van der Waals surface area contributed by atoms with Gasteiger partial charge in [0.15, 0.2) is 0 Å². The second-order valence-corrected chi connectivity index (χ2v) is 7.19. The first-order valence-electron chi connectivity index (χ1n) is 8.68. The van der Waals surface area contributed by atoms with E-state index in [1.165, 1.54) is 5.56 Å². The smallest absolute Gasteiger partial charge is 0.137 e. The van der Waals surface area contributed by atoms with Crippen LogP contribution in [0.1, 0.15) is 24.8 Å². The van der Waals surface area contributed by atoms with Crippen LogP contribution in [0, 0.1) is 5.92 Å². The predicted octanol–water partition coefficient (Wildman–Crippen LogP) is 2.19. The number of hydrogen-bond acceptors (Lipinski definition) is 4. The van der Waals surface area contributed by atoms with Crippen LogP contribution in [0.2, 0.25) is 0 Å². The molecule has 3 rings (SSSR count). The van der Waals surface area contributed by atoms with Crippen molar-refractivity contribution in [2.45, 2.75) is 37.9 Å². The Hall–Kier alpha value is -1.23. The Morgan fingerprint density at radius 3 is 2.43 bits per heavy atom. The summed E-state index contributed by atoms with van der Waals surface area (Å²) in [7, 11) is 4.05. The van der Waals surface area contributed by atoms with Gasteiger partial charge in [-0.25, -0.2) is 0 Å². The van der Waals surface area contributed by atoms with E-state index in [0.29, 0.717) is 24.3 Å². The fourth-order valence-electron chi connectivity index (χ4n) is 3.84. The third-order valence-electron chi connectivity index (χ3n) is 5.14. The van der Waals surface area contributed by atoms with Crippen molar-refractivity contribution in [1.82, 2.24) is 9.80 Å². The van der Waals surface area contributed by atoms with Gasteiger partial charge < -0.3 is 9.64 Å². The molecule has 1 aromatic rings. The van der Waals surface area contributed by atoms with Gasteiger partial charge in [-0.1, -0.05) is 30.3 Å². The molecule has 0 aromatic heterocycles. The van der Waals surface area contributed by atoms with E-state index >= 15 is 0 Å². The van der Waals surface area contributed by atoms with Gasteiger partial charge in [0, 0.05) is 37.5 Å². The normalized spacial score (nSPS) is 28.0. The Morgan fingerprint density at radius 2 is 1.83 bits per heavy atom. The highest BCUT2D eigenvalue weighted by atomic mass is 16.5. The summed E-state index contributed by atoms with van der Waals surface area (Å²) in [5.74, 6) is 0.663. The monoisotopic (exact) mass is 316 g/mol. The molecular weight excluding hydrogens is 288 g/mol. The van der Waals surface area contributed by atoms with Gasteiger partial charge in [-0.2, -0.15) is 0 Å². The number of morpholine rings is 1. The lowest BCUT2D eigenvalue weighted by Gasteiger charge is -2.48. The zero-order valence-electron chi connectivity index (χ0n) is 14.3. The van der Waals surface area contributed by atoms with Crippen molar-refractivity contribution in [3.63, 3.8) is 0 Å². The van der Waals surface area contributed by atoms with E-state index in [1.54, 1.807) is 0 Å². The summed E-state index contributed by atoms with van der Waals surface area (Å²) < 4.78 is 5.77. The molecule has 2 bridgehead atoms. The zero-order valence-corrected chi connectivity index (χ0v) is 14.3. The molecule has 2 aliphatic heterocycles. The molecule has 2 atom stereocenters. The molecule has 23 heavy (non-hydrogen) atoms. The molecule has 126 valence electrons. The van der Waals surface area contributed by atoms with E-state index in [0.717, 1.165) is 39.1 Å². The maximum atomic E-state index is 12.5. The van der Waals surface area contributed by atoms with Gasteiger partial charge in [-0.3, -0.25) is 9.69 Å². The van der Waals surface area contributed by atoms with Gasteiger partial charge >= 0.3 is 0 Å². The molecule has 4 heteroatoms. The zero-order chi connectivity index (χ0) is 16.2. The minimum absolute atomic E-state index is 0.223. The fourth-order valence-corrected chi connectivity index (χ4v) is 3.84. The molecule has 2 aliphatic rings. The maximum Gasteiger partial charge on any atom is 0.137 e. The Balaban J connectivity index is 1.62. The molecule has 2 fully saturated rings. The Labute approximate surface area is 139 Å². The molecule has 0 amide bonds. The number of carbonyl (C=O) groups excluding carboxylic acids is 1. The van der Waals surface area contributed by atoms with Crippen LogP contribution in [0.5, 0.6) is 0 Å². The number of Topliss-reactive ketones (excluding diaryl/α,β-unsaturated/α-hetero) is 1. The summed E-state index contributed by atoms with van der Waals surface area (Å²) in [6.07, 6.45) is 2.59. The number of carbonyl (C=O) groups is 1. The first kappa shape index (κ1) is 16.6. The Kier molecular flexibility index (Phi) is 5.46. The van der Waals surface area contributed by atoms with Crippen LogP contribution in [-0.4, -0.2) is 61.5 Å². The van der Waals surface area contributed by atoms with E-state index < -0.39 is 0 Å². The van der Waals surface area contributed by atoms with Crippen molar-refractivity contribution in [3.05, 3.63) is 35.9 Å². The average molecular weight is 316 g/mol. The van der Waals surface area contributed by atoms with E-state index in [9.17, 15) is 4.79 Å². The minimum Gasteiger partial charge on any atom is -0.378 e. The van der Waals surface area contributed by atoms with Crippen LogP contribution in [0.25, 0.3) is 0 Å². The SMILES string of the molecule is CN(C)CCC(=O)C1CC2COCC(C1)N2Cc1ccccc1. The molecule has 0 spiro atoms. The minimum atomic E-state index is 0.223. The molecule has 0 saturated carbocycles. The molecule has 0 N–H and O–H groups in total. The van der Waals surface area contributed by atoms with E-state index in [1.807, 2.05) is 14.1 Å². The van der Waals surface area contributed by atoms with Gasteiger partial charge in [0.2, 0.25) is 0 Å². The van der Waals surface area contributed by atoms with Gasteiger partial charge in [-0.15, -0.1) is 0 Å². The molecule has 0 aliphatic carbocycles. The molecule has 2 unspecified atom stereocenters. The number of nitrogens with zero attached hydrogens (tertiary/aromatic N) is 2. The van der Waals surface area contributed by atoms with Crippen LogP contribution >= 0.6 is 0 Å². The number of ketones is 1. The van der Waals surface area contributed by atoms with Gasteiger partial charge in [0.25, 0.3) is 0 Å². The van der Waals surface area contributed by atoms with Crippen LogP contribution in [-0.2, 0) is 16.1 Å². The molecular formula is C19H28N2O2. The summed E-state index contributed by atoms with van der Waals surface area (Å²) >= 11 is 0. The van der Waals surface area contributed by atoms with Crippen LogP contribution < -0.4 is 0 Å². The molecule has 2 saturated heterocycles. The van der Waals surface area contributed by atoms with Gasteiger partial charge in [0.1, 0.15) is 5.78 Å². The number of piperidine rings is 1. The number of fused-ring (bicyclic) bond motifs is 2. The lowest BCUT2D eigenvalue weighted by molar-refractivity contribution is -0.133. The first-order valence-corrected chi connectivity index (χ1v) is 8.68. The Morgan fingerprint density at radius 1 is 1.17 bits per heavy atom. The van der Waals surface area contributed by atoms with Crippen LogP contribution in [0.15, 0.2) is 30.3 Å². The second kappa shape index (κ2) is 7.56. The largest absolute Gasteiger partial charge is 0.378 e. The van der Waals surface area contributed by atoms with Gasteiger partial charge in [0.05, 0.1) is 13.2 Å². The lowest BCUT2D eigenvalue weighted by atomic mass is 9.81. The highest BCUT2D eigenvalue weighted by Crippen LogP contribution is 2.33. The summed E-state index contributed by atoms with van der Waals surface area (Å²) in [5, 5.41) is 0. The molecule has 4 nitrogen and oxygen atoms in total. The standard InChI is InChI=1S/C19H28N2O2/c1-20(2)9-8-19(22)16-10-17-13-23-14-18(11-16)21(17)12-15-6-4-3-5-7-15/h3-7,16-18H,8-14H2,1-2H3. The van der Waals surface area contributed by atoms with Crippen molar-refractivity contribution < 1.29 is 9.53 Å². The Bertz CT molecular complexity index is 503. The number of hydrogen-bond donors (Lipinski definition) is 0. The van der Waals surface area contributed by atoms with Crippen molar-refractivity contribution >= 4 is 5.78 Å². The maximum absolute atomic E-state index is 12.5. The third kappa shape index (κ3) is 4.19. The van der Waals surface area contributed by atoms with E-state index in [4.69, 9.17) is 4.74 Å². The molecule has 1 aromatic carbocycles. The second-order valence-electron chi connectivity index (χ2n) is 7.19. The van der Waals surface area contributed by atoms with Crippen molar-refractivity contribution in [1.29, 1.82) is 0 Å². The summed E-state index contributed by atoms with van der Waals surface area (Å²) in [5.41, 5.74) is 1.35. The predicted molar refractivity (Wildman–Crippen MR) is 91.3 cm³/mol. The van der Waals surface area contributed by atoms with E-state index in [2.05, 4.69) is 40.1 Å². The number of ether oxygens (including phenoxy) is 1. The highest BCUT2D eigenvalue weighted by molar-refractivity contribution is 5.81. The van der Waals surface area contributed by atoms with Crippen LogP contribution in [0.4, 0.5) is 0 Å². The highest BCUT2D eigenvalue weighted by Gasteiger charge is 2.40.